The van der Waals surface area contributed by atoms with E-state index in [1.54, 1.807) is 13.0 Å². The van der Waals surface area contributed by atoms with Crippen molar-refractivity contribution in [3.05, 3.63) is 16.5 Å². The molecule has 1 N–H and O–H groups in total. The Hall–Kier alpha value is -1.89. The molecule has 132 valence electrons. The monoisotopic (exact) mass is 353 g/mol. The van der Waals surface area contributed by atoms with Crippen LogP contribution < -0.4 is 5.32 Å². The minimum atomic E-state index is -0.466. The maximum atomic E-state index is 12.0. The Bertz CT molecular complexity index is 604. The number of anilines is 1. The van der Waals surface area contributed by atoms with Gasteiger partial charge in [-0.15, -0.1) is 11.3 Å². The van der Waals surface area contributed by atoms with Gasteiger partial charge < -0.3 is 14.8 Å². The van der Waals surface area contributed by atoms with Crippen molar-refractivity contribution in [1.29, 1.82) is 0 Å². The predicted molar refractivity (Wildman–Crippen MR) is 91.2 cm³/mol. The number of aryl methyl sites for hydroxylation is 1. The van der Waals surface area contributed by atoms with Gasteiger partial charge in [0.15, 0.2) is 6.61 Å². The first kappa shape index (κ1) is 18.4. The van der Waals surface area contributed by atoms with Crippen LogP contribution in [0.5, 0.6) is 0 Å². The molecular formula is C17H23NO5S. The Morgan fingerprint density at radius 3 is 2.54 bits per heavy atom. The average Bonchev–Trinajstić information content (AvgIpc) is 3.22. The van der Waals surface area contributed by atoms with Gasteiger partial charge in [0.05, 0.1) is 18.1 Å². The summed E-state index contributed by atoms with van der Waals surface area (Å²) in [6, 6.07) is 1.73. The quantitative estimate of drug-likeness (QED) is 0.762. The van der Waals surface area contributed by atoms with Crippen molar-refractivity contribution < 1.29 is 23.9 Å². The van der Waals surface area contributed by atoms with E-state index in [2.05, 4.69) is 5.32 Å². The fraction of sp³-hybridized carbons (Fsp3) is 0.588. The first-order valence-electron chi connectivity index (χ1n) is 8.31. The molecule has 0 unspecified atom stereocenters. The number of esters is 2. The minimum Gasteiger partial charge on any atom is -0.462 e. The summed E-state index contributed by atoms with van der Waals surface area (Å²) in [5.74, 6) is -1.31. The number of ether oxygens (including phenoxy) is 2. The summed E-state index contributed by atoms with van der Waals surface area (Å²) in [5, 5.41) is 3.09. The van der Waals surface area contributed by atoms with Crippen LogP contribution in [0, 0.1) is 5.92 Å². The SMILES string of the molecule is CCOC(=O)c1cc(CC)sc1NC(=O)COC(=O)C1CCCC1. The van der Waals surface area contributed by atoms with E-state index in [9.17, 15) is 14.4 Å². The van der Waals surface area contributed by atoms with E-state index in [1.165, 1.54) is 11.3 Å². The van der Waals surface area contributed by atoms with E-state index in [1.807, 2.05) is 6.92 Å². The van der Waals surface area contributed by atoms with Gasteiger partial charge in [0.1, 0.15) is 5.00 Å². The van der Waals surface area contributed by atoms with Gasteiger partial charge in [-0.1, -0.05) is 19.8 Å². The van der Waals surface area contributed by atoms with Crippen molar-refractivity contribution >= 4 is 34.2 Å². The molecule has 7 heteroatoms. The summed E-state index contributed by atoms with van der Waals surface area (Å²) in [6.07, 6.45) is 4.48. The Morgan fingerprint density at radius 2 is 1.92 bits per heavy atom. The van der Waals surface area contributed by atoms with Crippen LogP contribution in [0.1, 0.15) is 54.8 Å². The fourth-order valence-electron chi connectivity index (χ4n) is 2.65. The average molecular weight is 353 g/mol. The normalized spacial score (nSPS) is 14.4. The van der Waals surface area contributed by atoms with E-state index in [-0.39, 0.29) is 25.1 Å². The van der Waals surface area contributed by atoms with Crippen LogP contribution in [0.25, 0.3) is 0 Å². The smallest absolute Gasteiger partial charge is 0.341 e. The van der Waals surface area contributed by atoms with Crippen molar-refractivity contribution in [2.24, 2.45) is 5.92 Å². The number of carbonyl (C=O) groups is 3. The second kappa shape index (κ2) is 8.82. The topological polar surface area (TPSA) is 81.7 Å². The largest absolute Gasteiger partial charge is 0.462 e. The third-order valence-corrected chi connectivity index (χ3v) is 5.11. The summed E-state index contributed by atoms with van der Waals surface area (Å²) >= 11 is 1.33. The predicted octanol–water partition coefficient (Wildman–Crippen LogP) is 3.16. The van der Waals surface area contributed by atoms with Gasteiger partial charge in [0, 0.05) is 4.88 Å². The Kier molecular flexibility index (Phi) is 6.78. The number of amides is 1. The third kappa shape index (κ3) is 4.80. The van der Waals surface area contributed by atoms with Crippen molar-refractivity contribution in [3.63, 3.8) is 0 Å². The first-order chi connectivity index (χ1) is 11.5. The van der Waals surface area contributed by atoms with Crippen LogP contribution in [0.4, 0.5) is 5.00 Å². The highest BCUT2D eigenvalue weighted by molar-refractivity contribution is 7.16. The van der Waals surface area contributed by atoms with Crippen LogP contribution in [0.2, 0.25) is 0 Å². The minimum absolute atomic E-state index is 0.0821. The molecule has 6 nitrogen and oxygen atoms in total. The molecule has 1 amide bonds. The lowest BCUT2D eigenvalue weighted by Gasteiger charge is -2.10. The van der Waals surface area contributed by atoms with Crippen LogP contribution in [0.15, 0.2) is 6.07 Å². The van der Waals surface area contributed by atoms with E-state index in [4.69, 9.17) is 9.47 Å². The number of carbonyl (C=O) groups excluding carboxylic acids is 3. The maximum absolute atomic E-state index is 12.0. The Morgan fingerprint density at radius 1 is 1.21 bits per heavy atom. The molecule has 2 rings (SSSR count). The van der Waals surface area contributed by atoms with Gasteiger partial charge in [0.25, 0.3) is 5.91 Å². The molecule has 1 heterocycles. The number of thiophene rings is 1. The molecule has 1 fully saturated rings. The lowest BCUT2D eigenvalue weighted by Crippen LogP contribution is -2.24. The maximum Gasteiger partial charge on any atom is 0.341 e. The molecule has 1 saturated carbocycles. The van der Waals surface area contributed by atoms with E-state index in [0.29, 0.717) is 10.6 Å². The molecule has 0 radical (unpaired) electrons. The zero-order chi connectivity index (χ0) is 17.5. The molecule has 0 atom stereocenters. The van der Waals surface area contributed by atoms with Gasteiger partial charge in [0.2, 0.25) is 0 Å². The molecule has 1 aromatic rings. The number of nitrogens with one attached hydrogen (secondary N) is 1. The van der Waals surface area contributed by atoms with Gasteiger partial charge in [-0.05, 0) is 32.3 Å². The lowest BCUT2D eigenvalue weighted by molar-refractivity contribution is -0.151. The zero-order valence-electron chi connectivity index (χ0n) is 14.1. The lowest BCUT2D eigenvalue weighted by atomic mass is 10.1. The molecule has 0 saturated heterocycles. The van der Waals surface area contributed by atoms with Crippen LogP contribution >= 0.6 is 11.3 Å². The Labute approximate surface area is 145 Å². The highest BCUT2D eigenvalue weighted by Crippen LogP contribution is 2.29. The second-order valence-corrected chi connectivity index (χ2v) is 6.80. The molecule has 0 spiro atoms. The molecule has 0 bridgehead atoms. The molecule has 1 aliphatic rings. The van der Waals surface area contributed by atoms with Crippen LogP contribution in [-0.4, -0.2) is 31.1 Å². The summed E-state index contributed by atoms with van der Waals surface area (Å²) in [7, 11) is 0. The van der Waals surface area contributed by atoms with Gasteiger partial charge in [-0.2, -0.15) is 0 Å². The van der Waals surface area contributed by atoms with Crippen molar-refractivity contribution in [2.75, 3.05) is 18.5 Å². The van der Waals surface area contributed by atoms with Crippen molar-refractivity contribution in [2.45, 2.75) is 46.0 Å². The van der Waals surface area contributed by atoms with Gasteiger partial charge >= 0.3 is 11.9 Å². The summed E-state index contributed by atoms with van der Waals surface area (Å²) < 4.78 is 10.1. The number of hydrogen-bond donors (Lipinski definition) is 1. The van der Waals surface area contributed by atoms with Crippen molar-refractivity contribution in [3.8, 4) is 0 Å². The first-order valence-corrected chi connectivity index (χ1v) is 9.13. The number of hydrogen-bond acceptors (Lipinski definition) is 6. The van der Waals surface area contributed by atoms with E-state index in [0.717, 1.165) is 37.0 Å². The van der Waals surface area contributed by atoms with Crippen LogP contribution in [-0.2, 0) is 25.5 Å². The summed E-state index contributed by atoms with van der Waals surface area (Å²) in [5.41, 5.74) is 0.342. The zero-order valence-corrected chi connectivity index (χ0v) is 14.9. The van der Waals surface area contributed by atoms with Gasteiger partial charge in [-0.25, -0.2) is 4.79 Å². The molecular weight excluding hydrogens is 330 g/mol. The molecule has 1 aliphatic carbocycles. The highest BCUT2D eigenvalue weighted by Gasteiger charge is 2.25. The Balaban J connectivity index is 1.93. The summed E-state index contributed by atoms with van der Waals surface area (Å²) in [4.78, 5) is 36.8. The molecule has 24 heavy (non-hydrogen) atoms. The highest BCUT2D eigenvalue weighted by atomic mass is 32.1. The van der Waals surface area contributed by atoms with E-state index >= 15 is 0 Å². The third-order valence-electron chi connectivity index (χ3n) is 3.91. The fourth-order valence-corrected chi connectivity index (χ4v) is 3.65. The summed E-state index contributed by atoms with van der Waals surface area (Å²) in [6.45, 7) is 3.63. The van der Waals surface area contributed by atoms with Gasteiger partial charge in [-0.3, -0.25) is 9.59 Å². The molecule has 0 aromatic carbocycles. The standard InChI is InChI=1S/C17H23NO5S/c1-3-12-9-13(17(21)22-4-2)15(24-12)18-14(19)10-23-16(20)11-7-5-6-8-11/h9,11H,3-8,10H2,1-2H3,(H,18,19). The number of rotatable bonds is 7. The molecule has 0 aliphatic heterocycles. The van der Waals surface area contributed by atoms with Crippen molar-refractivity contribution in [1.82, 2.24) is 0 Å². The van der Waals surface area contributed by atoms with Crippen LogP contribution in [0.3, 0.4) is 0 Å². The second-order valence-electron chi connectivity index (χ2n) is 5.67. The molecule has 1 aromatic heterocycles. The van der Waals surface area contributed by atoms with E-state index < -0.39 is 11.9 Å².